The molecule has 1 N–H and O–H groups in total. The van der Waals surface area contributed by atoms with Gasteiger partial charge in [0.1, 0.15) is 5.75 Å². The summed E-state index contributed by atoms with van der Waals surface area (Å²) in [6.07, 6.45) is 1.60. The van der Waals surface area contributed by atoms with Crippen molar-refractivity contribution in [2.45, 2.75) is 38.8 Å². The zero-order valence-corrected chi connectivity index (χ0v) is 11.5. The van der Waals surface area contributed by atoms with Crippen molar-refractivity contribution in [1.82, 2.24) is 4.90 Å². The summed E-state index contributed by atoms with van der Waals surface area (Å²) in [6, 6.07) is 7.68. The zero-order chi connectivity index (χ0) is 13.8. The lowest BCUT2D eigenvalue weighted by molar-refractivity contribution is -0.133. The average Bonchev–Trinajstić information content (AvgIpc) is 3.22. The normalized spacial score (nSPS) is 15.9. The van der Waals surface area contributed by atoms with Crippen LogP contribution in [0.2, 0.25) is 0 Å². The first kappa shape index (κ1) is 13.9. The maximum absolute atomic E-state index is 12.0. The molecule has 1 unspecified atom stereocenters. The number of likely N-dealkylation sites (N-methyl/N-ethyl adjacent to an activating group) is 1. The van der Waals surface area contributed by atoms with Gasteiger partial charge in [-0.15, -0.1) is 0 Å². The predicted molar refractivity (Wildman–Crippen MR) is 73.0 cm³/mol. The molecule has 2 rings (SSSR count). The van der Waals surface area contributed by atoms with E-state index < -0.39 is 6.10 Å². The maximum atomic E-state index is 12.0. The van der Waals surface area contributed by atoms with Crippen LogP contribution < -0.4 is 4.74 Å². The van der Waals surface area contributed by atoms with E-state index in [4.69, 9.17) is 4.74 Å². The molecular weight excluding hydrogens is 242 g/mol. The smallest absolute Gasteiger partial charge is 0.260 e. The number of aliphatic hydroxyl groups is 1. The lowest BCUT2D eigenvalue weighted by Crippen LogP contribution is -2.36. The number of nitrogens with zero attached hydrogens (tertiary/aromatic N) is 1. The molecule has 1 amide bonds. The van der Waals surface area contributed by atoms with Gasteiger partial charge in [-0.05, 0) is 32.8 Å². The number of hydrogen-bond acceptors (Lipinski definition) is 3. The first-order valence-electron chi connectivity index (χ1n) is 6.82. The SMILES string of the molecule is CCN(C(=O)COc1ccccc1C(C)O)C1CC1. The van der Waals surface area contributed by atoms with E-state index in [-0.39, 0.29) is 12.5 Å². The molecular formula is C15H21NO3. The van der Waals surface area contributed by atoms with E-state index in [1.165, 1.54) is 0 Å². The van der Waals surface area contributed by atoms with Gasteiger partial charge in [0.05, 0.1) is 6.10 Å². The first-order valence-corrected chi connectivity index (χ1v) is 6.82. The molecule has 0 spiro atoms. The minimum atomic E-state index is -0.600. The van der Waals surface area contributed by atoms with Gasteiger partial charge in [-0.2, -0.15) is 0 Å². The van der Waals surface area contributed by atoms with Crippen LogP contribution >= 0.6 is 0 Å². The van der Waals surface area contributed by atoms with E-state index in [0.717, 1.165) is 19.4 Å². The minimum Gasteiger partial charge on any atom is -0.483 e. The molecule has 1 aromatic carbocycles. The van der Waals surface area contributed by atoms with Crippen molar-refractivity contribution in [3.05, 3.63) is 29.8 Å². The largest absolute Gasteiger partial charge is 0.483 e. The highest BCUT2D eigenvalue weighted by molar-refractivity contribution is 5.78. The second-order valence-electron chi connectivity index (χ2n) is 4.91. The van der Waals surface area contributed by atoms with E-state index in [1.807, 2.05) is 30.0 Å². The third-order valence-corrected chi connectivity index (χ3v) is 3.37. The summed E-state index contributed by atoms with van der Waals surface area (Å²) >= 11 is 0. The van der Waals surface area contributed by atoms with Crippen LogP contribution in [-0.2, 0) is 4.79 Å². The van der Waals surface area contributed by atoms with Crippen LogP contribution in [0, 0.1) is 0 Å². The zero-order valence-electron chi connectivity index (χ0n) is 11.5. The molecule has 0 saturated heterocycles. The number of aliphatic hydroxyl groups excluding tert-OH is 1. The van der Waals surface area contributed by atoms with Gasteiger partial charge in [0.2, 0.25) is 0 Å². The van der Waals surface area contributed by atoms with Crippen molar-refractivity contribution >= 4 is 5.91 Å². The maximum Gasteiger partial charge on any atom is 0.260 e. The molecule has 1 aliphatic carbocycles. The van der Waals surface area contributed by atoms with Gasteiger partial charge >= 0.3 is 0 Å². The molecule has 1 aromatic rings. The summed E-state index contributed by atoms with van der Waals surface area (Å²) in [7, 11) is 0. The highest BCUT2D eigenvalue weighted by Crippen LogP contribution is 2.27. The van der Waals surface area contributed by atoms with Crippen LogP contribution in [0.1, 0.15) is 38.4 Å². The van der Waals surface area contributed by atoms with Gasteiger partial charge in [0.25, 0.3) is 5.91 Å². The monoisotopic (exact) mass is 263 g/mol. The van der Waals surface area contributed by atoms with E-state index in [9.17, 15) is 9.90 Å². The number of para-hydroxylation sites is 1. The van der Waals surface area contributed by atoms with E-state index in [0.29, 0.717) is 17.4 Å². The molecule has 104 valence electrons. The molecule has 0 aliphatic heterocycles. The Morgan fingerprint density at radius 3 is 2.74 bits per heavy atom. The van der Waals surface area contributed by atoms with E-state index in [1.54, 1.807) is 13.0 Å². The second kappa shape index (κ2) is 6.06. The number of rotatable bonds is 6. The molecule has 0 aromatic heterocycles. The van der Waals surface area contributed by atoms with Crippen molar-refractivity contribution in [2.75, 3.05) is 13.2 Å². The summed E-state index contributed by atoms with van der Waals surface area (Å²) in [5.41, 5.74) is 0.713. The summed E-state index contributed by atoms with van der Waals surface area (Å²) in [5.74, 6) is 0.600. The summed E-state index contributed by atoms with van der Waals surface area (Å²) in [6.45, 7) is 4.44. The molecule has 1 atom stereocenters. The Kier molecular flexibility index (Phi) is 4.43. The van der Waals surface area contributed by atoms with Crippen LogP contribution in [0.15, 0.2) is 24.3 Å². The van der Waals surface area contributed by atoms with Crippen LogP contribution in [0.25, 0.3) is 0 Å². The summed E-state index contributed by atoms with van der Waals surface area (Å²) in [5, 5.41) is 9.65. The van der Waals surface area contributed by atoms with Crippen molar-refractivity contribution in [3.63, 3.8) is 0 Å². The number of benzene rings is 1. The van der Waals surface area contributed by atoms with Gasteiger partial charge in [0.15, 0.2) is 6.61 Å². The van der Waals surface area contributed by atoms with Crippen molar-refractivity contribution in [3.8, 4) is 5.75 Å². The van der Waals surface area contributed by atoms with Gasteiger partial charge in [0, 0.05) is 18.2 Å². The Bertz CT molecular complexity index is 441. The third kappa shape index (κ3) is 3.47. The predicted octanol–water partition coefficient (Wildman–Crippen LogP) is 2.13. The van der Waals surface area contributed by atoms with E-state index >= 15 is 0 Å². The Morgan fingerprint density at radius 1 is 1.47 bits per heavy atom. The Labute approximate surface area is 114 Å². The van der Waals surface area contributed by atoms with Crippen LogP contribution in [-0.4, -0.2) is 35.1 Å². The lowest BCUT2D eigenvalue weighted by atomic mass is 10.1. The second-order valence-corrected chi connectivity index (χ2v) is 4.91. The summed E-state index contributed by atoms with van der Waals surface area (Å²) in [4.78, 5) is 13.9. The molecule has 19 heavy (non-hydrogen) atoms. The van der Waals surface area contributed by atoms with Crippen LogP contribution in [0.3, 0.4) is 0 Å². The molecule has 4 nitrogen and oxygen atoms in total. The number of ether oxygens (including phenoxy) is 1. The quantitative estimate of drug-likeness (QED) is 0.855. The Balaban J connectivity index is 1.96. The average molecular weight is 263 g/mol. The fourth-order valence-electron chi connectivity index (χ4n) is 2.20. The summed E-state index contributed by atoms with van der Waals surface area (Å²) < 4.78 is 5.57. The molecule has 1 saturated carbocycles. The molecule has 0 heterocycles. The Hall–Kier alpha value is -1.55. The highest BCUT2D eigenvalue weighted by Gasteiger charge is 2.31. The molecule has 1 fully saturated rings. The number of hydrogen-bond donors (Lipinski definition) is 1. The minimum absolute atomic E-state index is 0.0189. The Morgan fingerprint density at radius 2 is 2.16 bits per heavy atom. The molecule has 4 heteroatoms. The molecule has 1 aliphatic rings. The fraction of sp³-hybridized carbons (Fsp3) is 0.533. The topological polar surface area (TPSA) is 49.8 Å². The fourth-order valence-corrected chi connectivity index (χ4v) is 2.20. The van der Waals surface area contributed by atoms with Gasteiger partial charge in [-0.1, -0.05) is 18.2 Å². The number of carbonyl (C=O) groups is 1. The number of carbonyl (C=O) groups excluding carboxylic acids is 1. The highest BCUT2D eigenvalue weighted by atomic mass is 16.5. The van der Waals surface area contributed by atoms with Crippen molar-refractivity contribution < 1.29 is 14.6 Å². The molecule has 0 bridgehead atoms. The lowest BCUT2D eigenvalue weighted by Gasteiger charge is -2.21. The molecule has 0 radical (unpaired) electrons. The van der Waals surface area contributed by atoms with Gasteiger partial charge in [-0.25, -0.2) is 0 Å². The first-order chi connectivity index (χ1) is 9.13. The van der Waals surface area contributed by atoms with Gasteiger partial charge in [-0.3, -0.25) is 4.79 Å². The number of amides is 1. The van der Waals surface area contributed by atoms with Crippen molar-refractivity contribution in [2.24, 2.45) is 0 Å². The van der Waals surface area contributed by atoms with E-state index in [2.05, 4.69) is 0 Å². The van der Waals surface area contributed by atoms with Crippen molar-refractivity contribution in [1.29, 1.82) is 0 Å². The standard InChI is InChI=1S/C15H21NO3/c1-3-16(12-8-9-12)15(18)10-19-14-7-5-4-6-13(14)11(2)17/h4-7,11-12,17H,3,8-10H2,1-2H3. The van der Waals surface area contributed by atoms with Crippen LogP contribution in [0.4, 0.5) is 0 Å². The third-order valence-electron chi connectivity index (χ3n) is 3.37. The van der Waals surface area contributed by atoms with Crippen LogP contribution in [0.5, 0.6) is 5.75 Å². The van der Waals surface area contributed by atoms with Gasteiger partial charge < -0.3 is 14.7 Å².